The molecule has 2 heteroatoms. The van der Waals surface area contributed by atoms with E-state index in [0.717, 1.165) is 22.3 Å². The molecule has 0 bridgehead atoms. The van der Waals surface area contributed by atoms with Crippen LogP contribution in [0.5, 0.6) is 0 Å². The summed E-state index contributed by atoms with van der Waals surface area (Å²) in [6, 6.07) is 35.9. The lowest BCUT2D eigenvalue weighted by atomic mass is 10.1. The molecule has 132 valence electrons. The van der Waals surface area contributed by atoms with Gasteiger partial charge in [-0.1, -0.05) is 66.7 Å². The van der Waals surface area contributed by atoms with Gasteiger partial charge in [0, 0.05) is 27.4 Å². The summed E-state index contributed by atoms with van der Waals surface area (Å²) in [6.45, 7) is 0. The minimum absolute atomic E-state index is 0.902. The monoisotopic (exact) mass is 359 g/mol. The second-order valence-electron chi connectivity index (χ2n) is 7.07. The van der Waals surface area contributed by atoms with Crippen molar-refractivity contribution in [3.63, 3.8) is 0 Å². The lowest BCUT2D eigenvalue weighted by molar-refractivity contribution is 0.632. The number of hydrogen-bond acceptors (Lipinski definition) is 1. The van der Waals surface area contributed by atoms with Gasteiger partial charge >= 0.3 is 0 Å². The quantitative estimate of drug-likeness (QED) is 0.320. The molecular weight excluding hydrogens is 342 g/mol. The second kappa shape index (κ2) is 5.86. The fourth-order valence-corrected chi connectivity index (χ4v) is 4.10. The van der Waals surface area contributed by atoms with E-state index in [2.05, 4.69) is 89.5 Å². The number of hydrogen-bond donors (Lipinski definition) is 0. The van der Waals surface area contributed by atoms with Crippen molar-refractivity contribution in [1.82, 2.24) is 4.57 Å². The largest absolute Gasteiger partial charge is 0.456 e. The maximum Gasteiger partial charge on any atom is 0.135 e. The van der Waals surface area contributed by atoms with Crippen LogP contribution in [-0.2, 0) is 0 Å². The summed E-state index contributed by atoms with van der Waals surface area (Å²) in [4.78, 5) is 0. The second-order valence-corrected chi connectivity index (χ2v) is 7.07. The van der Waals surface area contributed by atoms with Crippen molar-refractivity contribution >= 4 is 32.8 Å². The van der Waals surface area contributed by atoms with Crippen LogP contribution < -0.4 is 0 Å². The Morgan fingerprint density at radius 3 is 2.11 bits per heavy atom. The molecule has 0 aliphatic heterocycles. The lowest BCUT2D eigenvalue weighted by Crippen LogP contribution is -1.92. The molecule has 0 spiro atoms. The van der Waals surface area contributed by atoms with Crippen molar-refractivity contribution in [2.24, 2.45) is 0 Å². The Hall–Kier alpha value is -3.78. The molecule has 0 N–H and O–H groups in total. The van der Waals surface area contributed by atoms with E-state index >= 15 is 0 Å². The van der Waals surface area contributed by atoms with Crippen molar-refractivity contribution in [2.75, 3.05) is 0 Å². The third-order valence-corrected chi connectivity index (χ3v) is 5.38. The molecule has 0 saturated heterocycles. The molecule has 0 aliphatic rings. The van der Waals surface area contributed by atoms with Crippen molar-refractivity contribution < 1.29 is 4.42 Å². The van der Waals surface area contributed by atoms with Gasteiger partial charge in [-0.25, -0.2) is 0 Å². The highest BCUT2D eigenvalue weighted by atomic mass is 16.3. The van der Waals surface area contributed by atoms with Crippen LogP contribution in [0.15, 0.2) is 108 Å². The molecule has 0 saturated carbocycles. The van der Waals surface area contributed by atoms with Crippen molar-refractivity contribution in [3.8, 4) is 17.0 Å². The number of aromatic nitrogens is 1. The van der Waals surface area contributed by atoms with Gasteiger partial charge in [-0.05, 0) is 36.4 Å². The zero-order valence-corrected chi connectivity index (χ0v) is 15.2. The smallest absolute Gasteiger partial charge is 0.135 e. The number of fused-ring (bicyclic) bond motifs is 4. The standard InChI is InChI=1S/C26H17NO/c1-3-9-18(10-4-1)25-16-19-15-24-22(17-26(19)28-25)21-13-7-8-14-23(21)27(24)20-11-5-2-6-12-20/h1-17H. The average molecular weight is 359 g/mol. The molecule has 2 heterocycles. The molecule has 6 aromatic rings. The summed E-state index contributed by atoms with van der Waals surface area (Å²) < 4.78 is 8.55. The first-order valence-corrected chi connectivity index (χ1v) is 9.46. The Morgan fingerprint density at radius 1 is 0.571 bits per heavy atom. The number of rotatable bonds is 2. The first-order chi connectivity index (χ1) is 13.9. The molecule has 28 heavy (non-hydrogen) atoms. The number of para-hydroxylation sites is 2. The maximum atomic E-state index is 6.22. The summed E-state index contributed by atoms with van der Waals surface area (Å²) in [5, 5.41) is 3.56. The van der Waals surface area contributed by atoms with Crippen LogP contribution in [0.2, 0.25) is 0 Å². The van der Waals surface area contributed by atoms with Gasteiger partial charge in [0.25, 0.3) is 0 Å². The highest BCUT2D eigenvalue weighted by Crippen LogP contribution is 2.37. The van der Waals surface area contributed by atoms with Gasteiger partial charge < -0.3 is 8.98 Å². The van der Waals surface area contributed by atoms with Crippen molar-refractivity contribution in [3.05, 3.63) is 103 Å². The van der Waals surface area contributed by atoms with Gasteiger partial charge in [0.2, 0.25) is 0 Å². The molecule has 0 fully saturated rings. The predicted molar refractivity (Wildman–Crippen MR) is 116 cm³/mol. The molecular formula is C26H17NO. The van der Waals surface area contributed by atoms with Crippen LogP contribution in [0.4, 0.5) is 0 Å². The zero-order valence-electron chi connectivity index (χ0n) is 15.2. The van der Waals surface area contributed by atoms with Crippen LogP contribution in [0.1, 0.15) is 0 Å². The van der Waals surface area contributed by atoms with E-state index in [1.54, 1.807) is 0 Å². The number of nitrogens with zero attached hydrogens (tertiary/aromatic N) is 1. The van der Waals surface area contributed by atoms with E-state index in [9.17, 15) is 0 Å². The van der Waals surface area contributed by atoms with Crippen molar-refractivity contribution in [1.29, 1.82) is 0 Å². The van der Waals surface area contributed by atoms with Gasteiger partial charge in [-0.15, -0.1) is 0 Å². The van der Waals surface area contributed by atoms with Gasteiger partial charge in [0.1, 0.15) is 11.3 Å². The van der Waals surface area contributed by atoms with Crippen LogP contribution in [0.25, 0.3) is 49.8 Å². The summed E-state index contributed by atoms with van der Waals surface area (Å²) >= 11 is 0. The molecule has 0 amide bonds. The van der Waals surface area contributed by atoms with E-state index in [4.69, 9.17) is 4.42 Å². The zero-order chi connectivity index (χ0) is 18.5. The Bertz CT molecular complexity index is 1440. The Morgan fingerprint density at radius 2 is 1.29 bits per heavy atom. The molecule has 2 nitrogen and oxygen atoms in total. The molecule has 4 aromatic carbocycles. The minimum atomic E-state index is 0.902. The van der Waals surface area contributed by atoms with E-state index in [-0.39, 0.29) is 0 Å². The number of benzene rings is 4. The van der Waals surface area contributed by atoms with Crippen LogP contribution >= 0.6 is 0 Å². The van der Waals surface area contributed by atoms with Crippen LogP contribution in [0, 0.1) is 0 Å². The molecule has 0 aliphatic carbocycles. The fourth-order valence-electron chi connectivity index (χ4n) is 4.10. The summed E-state index contributed by atoms with van der Waals surface area (Å²) in [6.07, 6.45) is 0. The Labute approximate surface area is 162 Å². The highest BCUT2D eigenvalue weighted by Gasteiger charge is 2.15. The first-order valence-electron chi connectivity index (χ1n) is 9.46. The Balaban J connectivity index is 1.70. The Kier molecular flexibility index (Phi) is 3.20. The van der Waals surface area contributed by atoms with Crippen molar-refractivity contribution in [2.45, 2.75) is 0 Å². The molecule has 0 unspecified atom stereocenters. The van der Waals surface area contributed by atoms with E-state index < -0.39 is 0 Å². The molecule has 2 aromatic heterocycles. The van der Waals surface area contributed by atoms with E-state index in [1.807, 2.05) is 18.2 Å². The van der Waals surface area contributed by atoms with Gasteiger partial charge in [-0.3, -0.25) is 0 Å². The SMILES string of the molecule is c1ccc(-c2cc3cc4c(cc3o2)c2ccccc2n4-c2ccccc2)cc1. The fraction of sp³-hybridized carbons (Fsp3) is 0. The lowest BCUT2D eigenvalue weighted by Gasteiger charge is -2.07. The van der Waals surface area contributed by atoms with Gasteiger partial charge in [0.15, 0.2) is 0 Å². The van der Waals surface area contributed by atoms with E-state index in [1.165, 1.54) is 27.5 Å². The third kappa shape index (κ3) is 2.21. The topological polar surface area (TPSA) is 18.1 Å². The van der Waals surface area contributed by atoms with Crippen LogP contribution in [0.3, 0.4) is 0 Å². The molecule has 0 radical (unpaired) electrons. The summed E-state index contributed by atoms with van der Waals surface area (Å²) in [5.74, 6) is 0.902. The number of furan rings is 1. The predicted octanol–water partition coefficient (Wildman–Crippen LogP) is 7.20. The molecule has 0 atom stereocenters. The first kappa shape index (κ1) is 15.3. The highest BCUT2D eigenvalue weighted by molar-refractivity contribution is 6.13. The average Bonchev–Trinajstić information content (AvgIpc) is 3.32. The maximum absolute atomic E-state index is 6.22. The van der Waals surface area contributed by atoms with Gasteiger partial charge in [-0.2, -0.15) is 0 Å². The normalized spacial score (nSPS) is 11.6. The van der Waals surface area contributed by atoms with E-state index in [0.29, 0.717) is 0 Å². The third-order valence-electron chi connectivity index (χ3n) is 5.38. The molecule has 6 rings (SSSR count). The minimum Gasteiger partial charge on any atom is -0.456 e. The summed E-state index contributed by atoms with van der Waals surface area (Å²) in [5.41, 5.74) is 5.58. The van der Waals surface area contributed by atoms with Gasteiger partial charge in [0.05, 0.1) is 11.0 Å². The van der Waals surface area contributed by atoms with Crippen LogP contribution in [-0.4, -0.2) is 4.57 Å². The summed E-state index contributed by atoms with van der Waals surface area (Å²) in [7, 11) is 0.